The van der Waals surface area contributed by atoms with Gasteiger partial charge in [-0.05, 0) is 51.9 Å². The molecule has 0 aromatic carbocycles. The fourth-order valence-electron chi connectivity index (χ4n) is 5.64. The van der Waals surface area contributed by atoms with Crippen LogP contribution in [0, 0.1) is 5.41 Å². The molecule has 1 spiro atoms. The SMILES string of the molecule is CCOC1CC(NC(=NC)NC2CCN(C3CC3)CC2)C12CCCCC2. The van der Waals surface area contributed by atoms with E-state index >= 15 is 0 Å². The van der Waals surface area contributed by atoms with E-state index < -0.39 is 0 Å². The topological polar surface area (TPSA) is 48.9 Å². The van der Waals surface area contributed by atoms with Gasteiger partial charge in [-0.3, -0.25) is 4.99 Å². The third-order valence-corrected chi connectivity index (χ3v) is 7.41. The minimum atomic E-state index is 0.348. The van der Waals surface area contributed by atoms with Gasteiger partial charge in [-0.15, -0.1) is 0 Å². The zero-order valence-electron chi connectivity index (χ0n) is 16.8. The molecular weight excluding hydrogens is 324 g/mol. The van der Waals surface area contributed by atoms with E-state index in [2.05, 4.69) is 27.4 Å². The molecule has 2 N–H and O–H groups in total. The molecule has 1 saturated heterocycles. The molecule has 0 aromatic heterocycles. The third kappa shape index (κ3) is 3.75. The second-order valence-corrected chi connectivity index (χ2v) is 8.93. The Balaban J connectivity index is 1.30. The van der Waals surface area contributed by atoms with Gasteiger partial charge in [0.25, 0.3) is 0 Å². The molecule has 5 nitrogen and oxygen atoms in total. The second kappa shape index (κ2) is 8.05. The number of piperidine rings is 1. The third-order valence-electron chi connectivity index (χ3n) is 7.41. The maximum atomic E-state index is 6.10. The molecule has 2 atom stereocenters. The van der Waals surface area contributed by atoms with Crippen LogP contribution in [0.3, 0.4) is 0 Å². The molecule has 0 bridgehead atoms. The Hall–Kier alpha value is -0.810. The maximum Gasteiger partial charge on any atom is 0.191 e. The molecular formula is C21H38N4O. The van der Waals surface area contributed by atoms with E-state index in [0.717, 1.165) is 25.0 Å². The highest BCUT2D eigenvalue weighted by molar-refractivity contribution is 5.80. The van der Waals surface area contributed by atoms with E-state index in [0.29, 0.717) is 23.6 Å². The lowest BCUT2D eigenvalue weighted by Crippen LogP contribution is -2.67. The van der Waals surface area contributed by atoms with Gasteiger partial charge in [0.2, 0.25) is 0 Å². The molecule has 0 radical (unpaired) electrons. The largest absolute Gasteiger partial charge is 0.378 e. The van der Waals surface area contributed by atoms with Crippen LogP contribution in [-0.2, 0) is 4.74 Å². The van der Waals surface area contributed by atoms with Gasteiger partial charge in [-0.25, -0.2) is 0 Å². The van der Waals surface area contributed by atoms with E-state index in [1.807, 2.05) is 7.05 Å². The van der Waals surface area contributed by atoms with Crippen molar-refractivity contribution < 1.29 is 4.74 Å². The first-order chi connectivity index (χ1) is 12.7. The normalized spacial score (nSPS) is 33.1. The Bertz CT molecular complexity index is 490. The summed E-state index contributed by atoms with van der Waals surface area (Å²) in [7, 11) is 1.92. The molecule has 0 aromatic rings. The summed E-state index contributed by atoms with van der Waals surface area (Å²) >= 11 is 0. The van der Waals surface area contributed by atoms with Crippen LogP contribution in [0.1, 0.15) is 71.1 Å². The van der Waals surface area contributed by atoms with Gasteiger partial charge in [-0.1, -0.05) is 19.3 Å². The number of ether oxygens (including phenoxy) is 1. The molecule has 148 valence electrons. The first-order valence-electron chi connectivity index (χ1n) is 11.1. The summed E-state index contributed by atoms with van der Waals surface area (Å²) in [5.41, 5.74) is 0.348. The van der Waals surface area contributed by atoms with E-state index in [-0.39, 0.29) is 0 Å². The number of guanidine groups is 1. The van der Waals surface area contributed by atoms with Crippen molar-refractivity contribution in [3.05, 3.63) is 0 Å². The summed E-state index contributed by atoms with van der Waals surface area (Å²) in [6.07, 6.45) is 13.6. The lowest BCUT2D eigenvalue weighted by atomic mass is 9.55. The van der Waals surface area contributed by atoms with Crippen LogP contribution in [0.25, 0.3) is 0 Å². The predicted octanol–water partition coefficient (Wildman–Crippen LogP) is 2.91. The fraction of sp³-hybridized carbons (Fsp3) is 0.952. The van der Waals surface area contributed by atoms with Crippen molar-refractivity contribution in [2.75, 3.05) is 26.7 Å². The highest BCUT2D eigenvalue weighted by atomic mass is 16.5. The van der Waals surface area contributed by atoms with Crippen molar-refractivity contribution >= 4 is 5.96 Å². The second-order valence-electron chi connectivity index (χ2n) is 8.93. The number of rotatable bonds is 5. The van der Waals surface area contributed by atoms with Crippen LogP contribution >= 0.6 is 0 Å². The fourth-order valence-corrected chi connectivity index (χ4v) is 5.64. The van der Waals surface area contributed by atoms with Crippen LogP contribution in [-0.4, -0.2) is 61.8 Å². The number of nitrogens with zero attached hydrogens (tertiary/aromatic N) is 2. The monoisotopic (exact) mass is 362 g/mol. The van der Waals surface area contributed by atoms with E-state index in [1.54, 1.807) is 0 Å². The quantitative estimate of drug-likeness (QED) is 0.583. The number of hydrogen-bond acceptors (Lipinski definition) is 3. The number of nitrogens with one attached hydrogen (secondary N) is 2. The van der Waals surface area contributed by atoms with Crippen LogP contribution in [0.4, 0.5) is 0 Å². The highest BCUT2D eigenvalue weighted by Crippen LogP contribution is 2.53. The van der Waals surface area contributed by atoms with Crippen molar-refractivity contribution in [3.63, 3.8) is 0 Å². The Labute approximate surface area is 159 Å². The van der Waals surface area contributed by atoms with Gasteiger partial charge >= 0.3 is 0 Å². The van der Waals surface area contributed by atoms with Gasteiger partial charge in [-0.2, -0.15) is 0 Å². The van der Waals surface area contributed by atoms with Crippen molar-refractivity contribution in [1.82, 2.24) is 15.5 Å². The van der Waals surface area contributed by atoms with Gasteiger partial charge in [0.1, 0.15) is 0 Å². The number of aliphatic imine (C=N–C) groups is 1. The molecule has 4 rings (SSSR count). The van der Waals surface area contributed by atoms with Crippen LogP contribution < -0.4 is 10.6 Å². The Morgan fingerprint density at radius 2 is 1.81 bits per heavy atom. The Morgan fingerprint density at radius 3 is 2.42 bits per heavy atom. The summed E-state index contributed by atoms with van der Waals surface area (Å²) < 4.78 is 6.10. The van der Waals surface area contributed by atoms with Crippen LogP contribution in [0.2, 0.25) is 0 Å². The summed E-state index contributed by atoms with van der Waals surface area (Å²) in [6.45, 7) is 5.47. The van der Waals surface area contributed by atoms with E-state index in [1.165, 1.54) is 70.9 Å². The number of likely N-dealkylation sites (tertiary alicyclic amines) is 1. The molecule has 3 saturated carbocycles. The van der Waals surface area contributed by atoms with Crippen LogP contribution in [0.5, 0.6) is 0 Å². The zero-order chi connectivity index (χ0) is 18.0. The van der Waals surface area contributed by atoms with Crippen LogP contribution in [0.15, 0.2) is 4.99 Å². The van der Waals surface area contributed by atoms with Gasteiger partial charge < -0.3 is 20.3 Å². The predicted molar refractivity (Wildman–Crippen MR) is 107 cm³/mol. The summed E-state index contributed by atoms with van der Waals surface area (Å²) in [4.78, 5) is 7.24. The van der Waals surface area contributed by atoms with Crippen molar-refractivity contribution in [2.24, 2.45) is 10.4 Å². The minimum Gasteiger partial charge on any atom is -0.378 e. The lowest BCUT2D eigenvalue weighted by Gasteiger charge is -2.58. The number of hydrogen-bond donors (Lipinski definition) is 2. The molecule has 3 aliphatic carbocycles. The van der Waals surface area contributed by atoms with Gasteiger partial charge in [0.15, 0.2) is 5.96 Å². The zero-order valence-corrected chi connectivity index (χ0v) is 16.8. The Morgan fingerprint density at radius 1 is 1.08 bits per heavy atom. The first-order valence-corrected chi connectivity index (χ1v) is 11.1. The smallest absolute Gasteiger partial charge is 0.191 e. The molecule has 4 fully saturated rings. The molecule has 5 heteroatoms. The lowest BCUT2D eigenvalue weighted by molar-refractivity contribution is -0.145. The van der Waals surface area contributed by atoms with Gasteiger partial charge in [0.05, 0.1) is 6.10 Å². The average Bonchev–Trinajstić information content (AvgIpc) is 3.53. The first kappa shape index (κ1) is 18.5. The molecule has 1 aliphatic heterocycles. The standard InChI is InChI=1S/C21H38N4O/c1-3-26-19-15-18(21(19)11-5-4-6-12-21)24-20(22-2)23-16-9-13-25(14-10-16)17-7-8-17/h16-19H,3-15H2,1-2H3,(H2,22,23,24). The average molecular weight is 363 g/mol. The molecule has 26 heavy (non-hydrogen) atoms. The molecule has 0 amide bonds. The maximum absolute atomic E-state index is 6.10. The molecule has 4 aliphatic rings. The minimum absolute atomic E-state index is 0.348. The highest BCUT2D eigenvalue weighted by Gasteiger charge is 2.55. The summed E-state index contributed by atoms with van der Waals surface area (Å²) in [6, 6.07) is 2.00. The Kier molecular flexibility index (Phi) is 5.75. The van der Waals surface area contributed by atoms with Crippen molar-refractivity contribution in [2.45, 2.75) is 95.4 Å². The van der Waals surface area contributed by atoms with Gasteiger partial charge in [0, 0.05) is 50.3 Å². The van der Waals surface area contributed by atoms with E-state index in [9.17, 15) is 0 Å². The van der Waals surface area contributed by atoms with E-state index in [4.69, 9.17) is 4.74 Å². The molecule has 2 unspecified atom stereocenters. The molecule has 1 heterocycles. The van der Waals surface area contributed by atoms with Crippen molar-refractivity contribution in [1.29, 1.82) is 0 Å². The van der Waals surface area contributed by atoms with Crippen molar-refractivity contribution in [3.8, 4) is 0 Å². The summed E-state index contributed by atoms with van der Waals surface area (Å²) in [5.74, 6) is 1.01. The summed E-state index contributed by atoms with van der Waals surface area (Å²) in [5, 5.41) is 7.52.